The Kier molecular flexibility index (Phi) is 5.27. The third-order valence-electron chi connectivity index (χ3n) is 2.27. The van der Waals surface area contributed by atoms with Crippen LogP contribution in [0.5, 0.6) is 5.75 Å². The number of benzene rings is 1. The van der Waals surface area contributed by atoms with Gasteiger partial charge >= 0.3 is 6.18 Å². The normalized spacial score (nSPS) is 12.4. The summed E-state index contributed by atoms with van der Waals surface area (Å²) in [7, 11) is -2.90. The van der Waals surface area contributed by atoms with Crippen LogP contribution in [0.15, 0.2) is 21.5 Å². The number of nitrogens with one attached hydrogen (secondary N) is 1. The van der Waals surface area contributed by atoms with Gasteiger partial charge in [-0.25, -0.2) is 13.1 Å². The Morgan fingerprint density at radius 2 is 2.00 bits per heavy atom. The minimum atomic E-state index is -4.44. The minimum Gasteiger partial charge on any atom is -0.495 e. The average molecular weight is 377 g/mol. The third kappa shape index (κ3) is 4.53. The van der Waals surface area contributed by atoms with E-state index in [9.17, 15) is 21.6 Å². The lowest BCUT2D eigenvalue weighted by atomic mass is 10.3. The molecule has 0 saturated carbocycles. The summed E-state index contributed by atoms with van der Waals surface area (Å²) >= 11 is 3.10. The summed E-state index contributed by atoms with van der Waals surface area (Å²) in [5.74, 6) is -0.0226. The van der Waals surface area contributed by atoms with Gasteiger partial charge in [0, 0.05) is 16.7 Å². The molecule has 10 heteroatoms. The first-order chi connectivity index (χ1) is 9.07. The highest BCUT2D eigenvalue weighted by Crippen LogP contribution is 2.32. The minimum absolute atomic E-state index is 0.0226. The van der Waals surface area contributed by atoms with Crippen molar-refractivity contribution in [3.05, 3.63) is 16.6 Å². The van der Waals surface area contributed by atoms with E-state index in [0.29, 0.717) is 4.47 Å². The van der Waals surface area contributed by atoms with Crippen LogP contribution in [0.25, 0.3) is 0 Å². The fourth-order valence-electron chi connectivity index (χ4n) is 1.33. The third-order valence-corrected chi connectivity index (χ3v) is 4.44. The van der Waals surface area contributed by atoms with Crippen molar-refractivity contribution in [3.8, 4) is 5.75 Å². The van der Waals surface area contributed by atoms with Gasteiger partial charge < -0.3 is 10.5 Å². The summed E-state index contributed by atoms with van der Waals surface area (Å²) in [4.78, 5) is -0.317. The van der Waals surface area contributed by atoms with Gasteiger partial charge in [0.05, 0.1) is 13.5 Å². The first-order valence-corrected chi connectivity index (χ1v) is 7.54. The van der Waals surface area contributed by atoms with Crippen molar-refractivity contribution in [2.75, 3.05) is 19.4 Å². The molecule has 0 aromatic heterocycles. The fraction of sp³-hybridized carbons (Fsp3) is 0.400. The van der Waals surface area contributed by atoms with Gasteiger partial charge in [-0.1, -0.05) is 0 Å². The number of halogens is 4. The molecule has 0 aliphatic carbocycles. The largest absolute Gasteiger partial charge is 0.495 e. The maximum absolute atomic E-state index is 12.0. The predicted molar refractivity (Wildman–Crippen MR) is 71.0 cm³/mol. The molecule has 0 amide bonds. The van der Waals surface area contributed by atoms with E-state index in [1.165, 1.54) is 13.2 Å². The van der Waals surface area contributed by atoms with E-state index >= 15 is 0 Å². The lowest BCUT2D eigenvalue weighted by Crippen LogP contribution is -2.28. The molecule has 0 atom stereocenters. The molecular weight excluding hydrogens is 365 g/mol. The molecule has 1 aromatic rings. The Labute approximate surface area is 122 Å². The number of nitrogen functional groups attached to an aromatic ring is 1. The summed E-state index contributed by atoms with van der Waals surface area (Å²) in [6, 6.07) is 2.44. The van der Waals surface area contributed by atoms with Crippen LogP contribution in [0.2, 0.25) is 0 Å². The molecular formula is C10H12BrF3N2O3S. The number of anilines is 1. The van der Waals surface area contributed by atoms with Gasteiger partial charge in [-0.15, -0.1) is 0 Å². The van der Waals surface area contributed by atoms with Crippen LogP contribution in [0.3, 0.4) is 0 Å². The number of methoxy groups -OCH3 is 1. The van der Waals surface area contributed by atoms with Crippen molar-refractivity contribution in [2.24, 2.45) is 0 Å². The van der Waals surface area contributed by atoms with Crippen LogP contribution in [-0.2, 0) is 10.0 Å². The summed E-state index contributed by atoms with van der Waals surface area (Å²) in [5, 5.41) is 0. The molecule has 114 valence electrons. The highest BCUT2D eigenvalue weighted by atomic mass is 79.9. The van der Waals surface area contributed by atoms with E-state index in [-0.39, 0.29) is 16.3 Å². The molecule has 0 fully saturated rings. The molecule has 0 aliphatic heterocycles. The van der Waals surface area contributed by atoms with E-state index in [2.05, 4.69) is 15.9 Å². The van der Waals surface area contributed by atoms with E-state index in [1.54, 1.807) is 0 Å². The Hall–Kier alpha value is -1.00. The van der Waals surface area contributed by atoms with Gasteiger partial charge in [0.15, 0.2) is 0 Å². The van der Waals surface area contributed by atoms with E-state index in [0.717, 1.165) is 6.07 Å². The summed E-state index contributed by atoms with van der Waals surface area (Å²) in [5.41, 5.74) is 5.69. The molecule has 0 bridgehead atoms. The number of alkyl halides is 3. The molecule has 0 unspecified atom stereocenters. The Morgan fingerprint density at radius 3 is 2.50 bits per heavy atom. The van der Waals surface area contributed by atoms with Crippen molar-refractivity contribution in [1.29, 1.82) is 0 Å². The average Bonchev–Trinajstić information content (AvgIpc) is 2.29. The molecule has 0 spiro atoms. The topological polar surface area (TPSA) is 81.4 Å². The van der Waals surface area contributed by atoms with Gasteiger partial charge in [-0.3, -0.25) is 0 Å². The molecule has 0 saturated heterocycles. The van der Waals surface area contributed by atoms with Crippen LogP contribution in [0.1, 0.15) is 6.42 Å². The van der Waals surface area contributed by atoms with Gasteiger partial charge in [0.1, 0.15) is 10.6 Å². The lowest BCUT2D eigenvalue weighted by Gasteiger charge is -2.13. The number of rotatable bonds is 5. The number of hydrogen-bond acceptors (Lipinski definition) is 4. The Balaban J connectivity index is 3.01. The molecule has 1 rings (SSSR count). The molecule has 0 heterocycles. The zero-order valence-corrected chi connectivity index (χ0v) is 12.7. The summed E-state index contributed by atoms with van der Waals surface area (Å²) in [6.07, 6.45) is -5.70. The smallest absolute Gasteiger partial charge is 0.390 e. The van der Waals surface area contributed by atoms with Crippen molar-refractivity contribution in [1.82, 2.24) is 4.72 Å². The highest BCUT2D eigenvalue weighted by molar-refractivity contribution is 9.10. The molecule has 1 aromatic carbocycles. The van der Waals surface area contributed by atoms with Crippen LogP contribution in [-0.4, -0.2) is 28.2 Å². The number of sulfonamides is 1. The Morgan fingerprint density at radius 1 is 1.40 bits per heavy atom. The zero-order valence-electron chi connectivity index (χ0n) is 10.3. The van der Waals surface area contributed by atoms with Crippen molar-refractivity contribution < 1.29 is 26.3 Å². The van der Waals surface area contributed by atoms with Crippen LogP contribution < -0.4 is 15.2 Å². The Bertz CT molecular complexity index is 590. The highest BCUT2D eigenvalue weighted by Gasteiger charge is 2.28. The van der Waals surface area contributed by atoms with Crippen LogP contribution in [0.4, 0.5) is 18.9 Å². The summed E-state index contributed by atoms with van der Waals surface area (Å²) in [6.45, 7) is -0.759. The second-order valence-corrected chi connectivity index (χ2v) is 6.38. The maximum Gasteiger partial charge on any atom is 0.390 e. The molecule has 3 N–H and O–H groups in total. The number of hydrogen-bond donors (Lipinski definition) is 2. The fourth-order valence-corrected chi connectivity index (χ4v) is 2.86. The predicted octanol–water partition coefficient (Wildman–Crippen LogP) is 2.27. The van der Waals surface area contributed by atoms with Crippen LogP contribution >= 0.6 is 15.9 Å². The van der Waals surface area contributed by atoms with E-state index in [1.807, 2.05) is 4.72 Å². The van der Waals surface area contributed by atoms with E-state index in [4.69, 9.17) is 10.5 Å². The second kappa shape index (κ2) is 6.19. The van der Waals surface area contributed by atoms with E-state index < -0.39 is 29.2 Å². The molecule has 0 radical (unpaired) electrons. The molecule has 20 heavy (non-hydrogen) atoms. The zero-order chi connectivity index (χ0) is 15.6. The first-order valence-electron chi connectivity index (χ1n) is 5.26. The molecule has 5 nitrogen and oxygen atoms in total. The summed E-state index contributed by atoms with van der Waals surface area (Å²) < 4.78 is 67.1. The molecule has 0 aliphatic rings. The van der Waals surface area contributed by atoms with Gasteiger partial charge in [0.25, 0.3) is 0 Å². The lowest BCUT2D eigenvalue weighted by molar-refractivity contribution is -0.132. The monoisotopic (exact) mass is 376 g/mol. The van der Waals surface area contributed by atoms with Gasteiger partial charge in [-0.2, -0.15) is 13.2 Å². The standard InChI is InChI=1S/C10H12BrF3N2O3S/c1-19-8-4-6(11)7(15)5-9(8)20(17,18)16-3-2-10(12,13)14/h4-5,16H,2-3,15H2,1H3. The quantitative estimate of drug-likeness (QED) is 0.772. The van der Waals surface area contributed by atoms with Crippen molar-refractivity contribution >= 4 is 31.6 Å². The van der Waals surface area contributed by atoms with Crippen LogP contribution in [0, 0.1) is 0 Å². The maximum atomic E-state index is 12.0. The number of nitrogens with two attached hydrogens (primary N) is 1. The van der Waals surface area contributed by atoms with Gasteiger partial charge in [-0.05, 0) is 28.1 Å². The van der Waals surface area contributed by atoms with Crippen molar-refractivity contribution in [3.63, 3.8) is 0 Å². The second-order valence-electron chi connectivity index (χ2n) is 3.79. The first kappa shape index (κ1) is 17.1. The number of ether oxygens (including phenoxy) is 1. The van der Waals surface area contributed by atoms with Gasteiger partial charge in [0.2, 0.25) is 10.0 Å². The van der Waals surface area contributed by atoms with Crippen molar-refractivity contribution in [2.45, 2.75) is 17.5 Å². The SMILES string of the molecule is COc1cc(Br)c(N)cc1S(=O)(=O)NCCC(F)(F)F.